The molecule has 10 heteroatoms. The van der Waals surface area contributed by atoms with E-state index in [0.717, 1.165) is 27.7 Å². The minimum Gasteiger partial charge on any atom is -0.415 e. The Morgan fingerprint density at radius 1 is 1.00 bits per heavy atom. The third-order valence-electron chi connectivity index (χ3n) is 4.45. The Balaban J connectivity index is 1.32. The SMILES string of the molecule is FC(F)c1nnc(-c2ccc(Cn3cc(-c4ccc5cn[nH]c5c4)nn3)cc2)o1. The van der Waals surface area contributed by atoms with Crippen LogP contribution in [0.25, 0.3) is 33.6 Å². The Morgan fingerprint density at radius 3 is 2.62 bits per heavy atom. The van der Waals surface area contributed by atoms with Crippen molar-refractivity contribution in [3.63, 3.8) is 0 Å². The first kappa shape index (κ1) is 17.2. The van der Waals surface area contributed by atoms with E-state index in [4.69, 9.17) is 4.42 Å². The quantitative estimate of drug-likeness (QED) is 0.487. The molecule has 3 heterocycles. The topological polar surface area (TPSA) is 98.3 Å². The van der Waals surface area contributed by atoms with Gasteiger partial charge in [-0.15, -0.1) is 15.3 Å². The zero-order valence-corrected chi connectivity index (χ0v) is 14.8. The highest BCUT2D eigenvalue weighted by atomic mass is 19.3. The van der Waals surface area contributed by atoms with Crippen molar-refractivity contribution in [2.24, 2.45) is 0 Å². The van der Waals surface area contributed by atoms with Crippen molar-refractivity contribution in [2.75, 3.05) is 0 Å². The van der Waals surface area contributed by atoms with Crippen LogP contribution in [0.1, 0.15) is 17.9 Å². The van der Waals surface area contributed by atoms with Gasteiger partial charge < -0.3 is 4.42 Å². The number of hydrogen-bond acceptors (Lipinski definition) is 6. The smallest absolute Gasteiger partial charge is 0.314 e. The molecule has 0 amide bonds. The molecule has 0 bridgehead atoms. The first-order valence-corrected chi connectivity index (χ1v) is 8.70. The fourth-order valence-electron chi connectivity index (χ4n) is 2.98. The summed E-state index contributed by atoms with van der Waals surface area (Å²) >= 11 is 0. The number of halogens is 2. The van der Waals surface area contributed by atoms with Crippen LogP contribution in [-0.4, -0.2) is 35.4 Å². The number of H-pyrrole nitrogens is 1. The van der Waals surface area contributed by atoms with E-state index in [9.17, 15) is 8.78 Å². The second-order valence-electron chi connectivity index (χ2n) is 6.42. The molecule has 144 valence electrons. The zero-order valence-electron chi connectivity index (χ0n) is 14.8. The van der Waals surface area contributed by atoms with Gasteiger partial charge in [0.25, 0.3) is 5.89 Å². The van der Waals surface area contributed by atoms with Crippen molar-refractivity contribution in [1.82, 2.24) is 35.4 Å². The van der Waals surface area contributed by atoms with Gasteiger partial charge in [0.2, 0.25) is 5.89 Å². The van der Waals surface area contributed by atoms with E-state index in [-0.39, 0.29) is 5.89 Å². The van der Waals surface area contributed by atoms with E-state index in [1.54, 1.807) is 23.0 Å². The number of rotatable bonds is 5. The molecule has 3 aromatic heterocycles. The second kappa shape index (κ2) is 6.89. The molecule has 5 aromatic rings. The van der Waals surface area contributed by atoms with Gasteiger partial charge in [-0.2, -0.15) is 13.9 Å². The standard InChI is InChI=1S/C19H13F2N7O/c20-17(21)19-26-25-18(29-19)12-3-1-11(2-4-12)9-28-10-16(24-27-28)13-5-6-14-8-22-23-15(14)7-13/h1-8,10,17H,9H2,(H,22,23). The lowest BCUT2D eigenvalue weighted by Gasteiger charge is -2.02. The number of aromatic amines is 1. The van der Waals surface area contributed by atoms with Gasteiger partial charge in [-0.05, 0) is 23.8 Å². The lowest BCUT2D eigenvalue weighted by Crippen LogP contribution is -2.00. The number of aromatic nitrogens is 7. The maximum absolute atomic E-state index is 12.6. The molecule has 0 radical (unpaired) electrons. The minimum absolute atomic E-state index is 0.0593. The maximum Gasteiger partial charge on any atom is 0.314 e. The lowest BCUT2D eigenvalue weighted by molar-refractivity contribution is 0.116. The maximum atomic E-state index is 12.6. The third kappa shape index (κ3) is 3.35. The zero-order chi connectivity index (χ0) is 19.8. The van der Waals surface area contributed by atoms with Crippen molar-refractivity contribution in [3.8, 4) is 22.7 Å². The molecule has 1 N–H and O–H groups in total. The van der Waals surface area contributed by atoms with Crippen molar-refractivity contribution in [3.05, 3.63) is 66.3 Å². The lowest BCUT2D eigenvalue weighted by atomic mass is 10.1. The Bertz CT molecular complexity index is 1270. The van der Waals surface area contributed by atoms with Crippen LogP contribution in [0.2, 0.25) is 0 Å². The van der Waals surface area contributed by atoms with Crippen molar-refractivity contribution in [1.29, 1.82) is 0 Å². The average Bonchev–Trinajstić information content (AvgIpc) is 3.48. The molecule has 0 unspecified atom stereocenters. The molecule has 0 saturated heterocycles. The monoisotopic (exact) mass is 393 g/mol. The van der Waals surface area contributed by atoms with Gasteiger partial charge in [0, 0.05) is 16.5 Å². The number of alkyl halides is 2. The summed E-state index contributed by atoms with van der Waals surface area (Å²) in [6.07, 6.45) is 0.839. The number of fused-ring (bicyclic) bond motifs is 1. The predicted octanol–water partition coefficient (Wildman–Crippen LogP) is 3.86. The highest BCUT2D eigenvalue weighted by molar-refractivity contribution is 5.82. The molecule has 2 aromatic carbocycles. The minimum atomic E-state index is -2.79. The van der Waals surface area contributed by atoms with Crippen molar-refractivity contribution in [2.45, 2.75) is 13.0 Å². The second-order valence-corrected chi connectivity index (χ2v) is 6.42. The first-order valence-electron chi connectivity index (χ1n) is 8.70. The van der Waals surface area contributed by atoms with Gasteiger partial charge in [0.15, 0.2) is 0 Å². The Morgan fingerprint density at radius 2 is 1.83 bits per heavy atom. The van der Waals surface area contributed by atoms with Gasteiger partial charge >= 0.3 is 6.43 Å². The van der Waals surface area contributed by atoms with Gasteiger partial charge in [-0.25, -0.2) is 4.68 Å². The summed E-state index contributed by atoms with van der Waals surface area (Å²) in [7, 11) is 0. The summed E-state index contributed by atoms with van der Waals surface area (Å²) in [4.78, 5) is 0. The molecule has 0 saturated carbocycles. The summed E-state index contributed by atoms with van der Waals surface area (Å²) in [6.45, 7) is 0.506. The fourth-order valence-corrected chi connectivity index (χ4v) is 2.98. The Hall–Kier alpha value is -3.95. The van der Waals surface area contributed by atoms with E-state index >= 15 is 0 Å². The molecular formula is C19H13F2N7O. The Labute approximate surface area is 162 Å². The van der Waals surface area contributed by atoms with Gasteiger partial charge in [-0.1, -0.05) is 29.5 Å². The van der Waals surface area contributed by atoms with Gasteiger partial charge in [0.1, 0.15) is 5.69 Å². The van der Waals surface area contributed by atoms with Crippen molar-refractivity contribution < 1.29 is 13.2 Å². The van der Waals surface area contributed by atoms with E-state index in [2.05, 4.69) is 30.7 Å². The van der Waals surface area contributed by atoms with Crippen LogP contribution in [0, 0.1) is 0 Å². The van der Waals surface area contributed by atoms with Crippen molar-refractivity contribution >= 4 is 10.9 Å². The molecule has 0 atom stereocenters. The van der Waals surface area contributed by atoms with Crippen LogP contribution < -0.4 is 0 Å². The Kier molecular flexibility index (Phi) is 4.08. The van der Waals surface area contributed by atoms with E-state index in [1.165, 1.54) is 0 Å². The van der Waals surface area contributed by atoms with Crippen LogP contribution in [-0.2, 0) is 6.54 Å². The van der Waals surface area contributed by atoms with Crippen LogP contribution in [0.5, 0.6) is 0 Å². The molecule has 0 fully saturated rings. The van der Waals surface area contributed by atoms with E-state index in [0.29, 0.717) is 12.1 Å². The van der Waals surface area contributed by atoms with Crippen LogP contribution in [0.3, 0.4) is 0 Å². The fraction of sp³-hybridized carbons (Fsp3) is 0.105. The molecule has 0 spiro atoms. The van der Waals surface area contributed by atoms with Crippen LogP contribution in [0.15, 0.2) is 59.3 Å². The number of benzene rings is 2. The molecule has 0 aliphatic rings. The van der Waals surface area contributed by atoms with Crippen LogP contribution in [0.4, 0.5) is 8.78 Å². The predicted molar refractivity (Wildman–Crippen MR) is 98.9 cm³/mol. The normalized spacial score (nSPS) is 11.6. The molecule has 29 heavy (non-hydrogen) atoms. The molecule has 8 nitrogen and oxygen atoms in total. The van der Waals surface area contributed by atoms with Gasteiger partial charge in [0.05, 0.1) is 24.5 Å². The highest BCUT2D eigenvalue weighted by Gasteiger charge is 2.17. The van der Waals surface area contributed by atoms with Gasteiger partial charge in [-0.3, -0.25) is 5.10 Å². The first-order chi connectivity index (χ1) is 14.2. The molecular weight excluding hydrogens is 380 g/mol. The van der Waals surface area contributed by atoms with E-state index < -0.39 is 12.3 Å². The summed E-state index contributed by atoms with van der Waals surface area (Å²) in [5, 5.41) is 23.4. The third-order valence-corrected chi connectivity index (χ3v) is 4.45. The molecule has 5 rings (SSSR count). The summed E-state index contributed by atoms with van der Waals surface area (Å²) in [5.74, 6) is -0.628. The summed E-state index contributed by atoms with van der Waals surface area (Å²) < 4.78 is 31.8. The summed E-state index contributed by atoms with van der Waals surface area (Å²) in [6, 6.07) is 13.1. The summed E-state index contributed by atoms with van der Waals surface area (Å²) in [5.41, 5.74) is 4.16. The largest absolute Gasteiger partial charge is 0.415 e. The van der Waals surface area contributed by atoms with E-state index in [1.807, 2.05) is 36.5 Å². The molecule has 0 aliphatic carbocycles. The molecule has 0 aliphatic heterocycles. The number of hydrogen-bond donors (Lipinski definition) is 1. The number of nitrogens with one attached hydrogen (secondary N) is 1. The number of nitrogens with zero attached hydrogens (tertiary/aromatic N) is 6. The average molecular weight is 393 g/mol. The highest BCUT2D eigenvalue weighted by Crippen LogP contribution is 2.24. The van der Waals surface area contributed by atoms with Crippen LogP contribution >= 0.6 is 0 Å².